The molecular weight excluding hydrogens is 293 g/mol. The zero-order valence-corrected chi connectivity index (χ0v) is 11.1. The maximum Gasteiger partial charge on any atom is 0.313 e. The van der Waals surface area contributed by atoms with Crippen LogP contribution in [0.15, 0.2) is 12.1 Å². The number of carboxylic acids is 1. The van der Waals surface area contributed by atoms with Crippen LogP contribution >= 0.6 is 46.6 Å². The molecule has 0 aliphatic carbocycles. The number of aliphatic carboxylic acids is 1. The van der Waals surface area contributed by atoms with Crippen LogP contribution in [0.25, 0.3) is 0 Å². The van der Waals surface area contributed by atoms with Crippen molar-refractivity contribution in [2.75, 3.05) is 16.9 Å². The van der Waals surface area contributed by atoms with Crippen molar-refractivity contribution in [2.24, 2.45) is 0 Å². The first kappa shape index (κ1) is 13.8. The van der Waals surface area contributed by atoms with E-state index in [0.717, 1.165) is 0 Å². The van der Waals surface area contributed by atoms with E-state index in [4.69, 9.17) is 39.9 Å². The number of thioether (sulfide) groups is 1. The standard InChI is InChI=1S/C9H8Cl3NO2S/c10-5-1-6(11)9(7(12)2-5)13-4-16-3-8(14)15/h1-2,13H,3-4H2,(H,14,15). The third kappa shape index (κ3) is 4.29. The van der Waals surface area contributed by atoms with Gasteiger partial charge >= 0.3 is 5.97 Å². The molecule has 0 aliphatic heterocycles. The number of hydrogen-bond acceptors (Lipinski definition) is 3. The molecule has 1 aromatic rings. The fourth-order valence-corrected chi connectivity index (χ4v) is 2.45. The highest BCUT2D eigenvalue weighted by Crippen LogP contribution is 2.33. The van der Waals surface area contributed by atoms with Crippen molar-refractivity contribution in [1.29, 1.82) is 0 Å². The normalized spacial score (nSPS) is 10.2. The lowest BCUT2D eigenvalue weighted by Crippen LogP contribution is -2.04. The summed E-state index contributed by atoms with van der Waals surface area (Å²) in [4.78, 5) is 10.3. The molecule has 3 nitrogen and oxygen atoms in total. The topological polar surface area (TPSA) is 49.3 Å². The Morgan fingerprint density at radius 2 is 1.88 bits per heavy atom. The Bertz CT molecular complexity index is 377. The fraction of sp³-hybridized carbons (Fsp3) is 0.222. The lowest BCUT2D eigenvalue weighted by molar-refractivity contribution is -0.133. The third-order valence-corrected chi connectivity index (χ3v) is 3.20. The van der Waals surface area contributed by atoms with E-state index in [1.54, 1.807) is 12.1 Å². The molecule has 0 saturated heterocycles. The van der Waals surface area contributed by atoms with E-state index in [1.807, 2.05) is 0 Å². The van der Waals surface area contributed by atoms with Crippen LogP contribution in [0.5, 0.6) is 0 Å². The minimum Gasteiger partial charge on any atom is -0.481 e. The van der Waals surface area contributed by atoms with Crippen LogP contribution in [0.4, 0.5) is 5.69 Å². The number of carbonyl (C=O) groups is 1. The van der Waals surface area contributed by atoms with Crippen LogP contribution in [0, 0.1) is 0 Å². The van der Waals surface area contributed by atoms with Crippen LogP contribution in [0.2, 0.25) is 15.1 Å². The summed E-state index contributed by atoms with van der Waals surface area (Å²) in [6.45, 7) is 0. The molecule has 1 rings (SSSR count). The fourth-order valence-electron chi connectivity index (χ4n) is 0.973. The second-order valence-electron chi connectivity index (χ2n) is 2.81. The molecule has 0 aromatic heterocycles. The van der Waals surface area contributed by atoms with E-state index in [1.165, 1.54) is 11.8 Å². The largest absolute Gasteiger partial charge is 0.481 e. The first-order chi connectivity index (χ1) is 7.50. The maximum atomic E-state index is 10.3. The molecule has 0 bridgehead atoms. The van der Waals surface area contributed by atoms with E-state index in [0.29, 0.717) is 26.6 Å². The lowest BCUT2D eigenvalue weighted by Gasteiger charge is -2.09. The van der Waals surface area contributed by atoms with Crippen LogP contribution in [0.1, 0.15) is 0 Å². The van der Waals surface area contributed by atoms with E-state index in [9.17, 15) is 4.79 Å². The zero-order valence-electron chi connectivity index (χ0n) is 7.97. The average molecular weight is 301 g/mol. The molecule has 0 radical (unpaired) electrons. The summed E-state index contributed by atoms with van der Waals surface area (Å²) in [5.74, 6) is -0.427. The minimum atomic E-state index is -0.861. The average Bonchev–Trinajstić information content (AvgIpc) is 2.14. The SMILES string of the molecule is O=C(O)CSCNc1c(Cl)cc(Cl)cc1Cl. The highest BCUT2D eigenvalue weighted by Gasteiger charge is 2.07. The second-order valence-corrected chi connectivity index (χ2v) is 5.04. The van der Waals surface area contributed by atoms with E-state index >= 15 is 0 Å². The highest BCUT2D eigenvalue weighted by atomic mass is 35.5. The van der Waals surface area contributed by atoms with Gasteiger partial charge in [-0.1, -0.05) is 34.8 Å². The minimum absolute atomic E-state index is 0.0236. The summed E-state index contributed by atoms with van der Waals surface area (Å²) in [7, 11) is 0. The Balaban J connectivity index is 2.57. The van der Waals surface area contributed by atoms with Gasteiger partial charge in [0, 0.05) is 5.02 Å². The predicted molar refractivity (Wildman–Crippen MR) is 70.1 cm³/mol. The maximum absolute atomic E-state index is 10.3. The number of hydrogen-bond donors (Lipinski definition) is 2. The number of anilines is 1. The molecule has 0 atom stereocenters. The molecule has 7 heteroatoms. The summed E-state index contributed by atoms with van der Waals surface area (Å²) in [5.41, 5.74) is 0.561. The van der Waals surface area contributed by atoms with Gasteiger partial charge in [0.15, 0.2) is 0 Å². The monoisotopic (exact) mass is 299 g/mol. The molecule has 1 aromatic carbocycles. The molecule has 88 valence electrons. The van der Waals surface area contributed by atoms with Crippen LogP contribution < -0.4 is 5.32 Å². The van der Waals surface area contributed by atoms with Crippen molar-refractivity contribution in [3.63, 3.8) is 0 Å². The Hall–Kier alpha value is -0.290. The van der Waals surface area contributed by atoms with Gasteiger partial charge in [-0.25, -0.2) is 0 Å². The van der Waals surface area contributed by atoms with E-state index in [-0.39, 0.29) is 5.75 Å². The van der Waals surface area contributed by atoms with Crippen molar-refractivity contribution in [1.82, 2.24) is 0 Å². The summed E-state index contributed by atoms with van der Waals surface area (Å²) >= 11 is 18.8. The summed E-state index contributed by atoms with van der Waals surface area (Å²) in [6.07, 6.45) is 0. The molecule has 0 aliphatic rings. The quantitative estimate of drug-likeness (QED) is 0.641. The number of nitrogens with one attached hydrogen (secondary N) is 1. The third-order valence-electron chi connectivity index (χ3n) is 1.58. The summed E-state index contributed by atoms with van der Waals surface area (Å²) < 4.78 is 0. The Morgan fingerprint density at radius 1 is 1.31 bits per heavy atom. The molecule has 0 heterocycles. The molecule has 0 unspecified atom stereocenters. The van der Waals surface area contributed by atoms with Gasteiger partial charge in [-0.2, -0.15) is 0 Å². The van der Waals surface area contributed by atoms with Gasteiger partial charge in [-0.15, -0.1) is 11.8 Å². The van der Waals surface area contributed by atoms with Crippen LogP contribution in [-0.4, -0.2) is 22.7 Å². The van der Waals surface area contributed by atoms with Crippen molar-refractivity contribution < 1.29 is 9.90 Å². The zero-order chi connectivity index (χ0) is 12.1. The molecule has 0 spiro atoms. The first-order valence-corrected chi connectivity index (χ1v) is 6.47. The van der Waals surface area contributed by atoms with Crippen molar-refractivity contribution in [3.8, 4) is 0 Å². The molecule has 2 N–H and O–H groups in total. The summed E-state index contributed by atoms with van der Waals surface area (Å²) in [5, 5.41) is 12.7. The summed E-state index contributed by atoms with van der Waals surface area (Å²) in [6, 6.07) is 3.14. The number of benzene rings is 1. The number of carboxylic acid groups (broad SMARTS) is 1. The van der Waals surface area contributed by atoms with Crippen LogP contribution in [0.3, 0.4) is 0 Å². The Kier molecular flexibility index (Phi) is 5.55. The number of rotatable bonds is 5. The van der Waals surface area contributed by atoms with Crippen LogP contribution in [-0.2, 0) is 4.79 Å². The van der Waals surface area contributed by atoms with Crippen molar-refractivity contribution in [2.45, 2.75) is 0 Å². The van der Waals surface area contributed by atoms with Gasteiger partial charge in [-0.05, 0) is 12.1 Å². The van der Waals surface area contributed by atoms with Gasteiger partial charge in [0.05, 0.1) is 27.4 Å². The predicted octanol–water partition coefficient (Wildman–Crippen LogP) is 3.83. The van der Waals surface area contributed by atoms with E-state index < -0.39 is 5.97 Å². The first-order valence-electron chi connectivity index (χ1n) is 4.18. The number of halogens is 3. The lowest BCUT2D eigenvalue weighted by atomic mass is 10.3. The Labute approximate surface area is 112 Å². The van der Waals surface area contributed by atoms with Gasteiger partial charge < -0.3 is 10.4 Å². The Morgan fingerprint density at radius 3 is 2.38 bits per heavy atom. The van der Waals surface area contributed by atoms with Gasteiger partial charge in [0.25, 0.3) is 0 Å². The molecule has 0 saturated carbocycles. The molecule has 0 amide bonds. The molecule has 0 fully saturated rings. The molecule has 16 heavy (non-hydrogen) atoms. The van der Waals surface area contributed by atoms with Crippen molar-refractivity contribution in [3.05, 3.63) is 27.2 Å². The van der Waals surface area contributed by atoms with E-state index in [2.05, 4.69) is 5.32 Å². The van der Waals surface area contributed by atoms with Gasteiger partial charge in [0.2, 0.25) is 0 Å². The molecular formula is C9H8Cl3NO2S. The highest BCUT2D eigenvalue weighted by molar-refractivity contribution is 8.00. The van der Waals surface area contributed by atoms with Crippen molar-refractivity contribution >= 4 is 58.2 Å². The van der Waals surface area contributed by atoms with Gasteiger partial charge in [-0.3, -0.25) is 4.79 Å². The van der Waals surface area contributed by atoms with Gasteiger partial charge in [0.1, 0.15) is 0 Å². The smallest absolute Gasteiger partial charge is 0.313 e. The second kappa shape index (κ2) is 6.45.